The molecule has 0 atom stereocenters. The third kappa shape index (κ3) is 3.07. The lowest BCUT2D eigenvalue weighted by atomic mass is 9.77. The molecule has 2 amide bonds. The van der Waals surface area contributed by atoms with E-state index in [4.69, 9.17) is 11.6 Å². The number of benzene rings is 1. The average molecular weight is 329 g/mol. The highest BCUT2D eigenvalue weighted by molar-refractivity contribution is 6.30. The predicted molar refractivity (Wildman–Crippen MR) is 83.4 cm³/mol. The molecule has 1 aromatic carbocycles. The highest BCUT2D eigenvalue weighted by Crippen LogP contribution is 2.41. The van der Waals surface area contributed by atoms with E-state index in [2.05, 4.69) is 5.32 Å². The maximum atomic E-state index is 12.6. The molecule has 0 radical (unpaired) electrons. The molecule has 1 aromatic rings. The monoisotopic (exact) mass is 328 g/mol. The number of nitrogens with zero attached hydrogens (tertiary/aromatic N) is 1. The van der Waals surface area contributed by atoms with Gasteiger partial charge in [0.2, 0.25) is 11.8 Å². The number of halogens is 2. The van der Waals surface area contributed by atoms with Gasteiger partial charge in [0.05, 0.1) is 12.0 Å². The van der Waals surface area contributed by atoms with Crippen molar-refractivity contribution in [2.24, 2.45) is 5.41 Å². The number of amides is 2. The number of carbonyl (C=O) groups excluding carboxylic acids is 2. The van der Waals surface area contributed by atoms with Crippen LogP contribution in [0.15, 0.2) is 24.3 Å². The smallest absolute Gasteiger partial charge is 0.236 e. The topological polar surface area (TPSA) is 49.4 Å². The molecular formula is C15H18Cl2N2O2. The van der Waals surface area contributed by atoms with Crippen LogP contribution < -0.4 is 5.32 Å². The Kier molecular flexibility index (Phi) is 4.91. The van der Waals surface area contributed by atoms with Crippen LogP contribution in [0.5, 0.6) is 0 Å². The highest BCUT2D eigenvalue weighted by Gasteiger charge is 2.51. The Morgan fingerprint density at radius 1 is 1.24 bits per heavy atom. The van der Waals surface area contributed by atoms with E-state index in [9.17, 15) is 9.59 Å². The summed E-state index contributed by atoms with van der Waals surface area (Å²) < 4.78 is 0. The molecule has 0 saturated carbocycles. The number of nitrogens with one attached hydrogen (secondary N) is 1. The predicted octanol–water partition coefficient (Wildman–Crippen LogP) is 2.39. The average Bonchev–Trinajstić information content (AvgIpc) is 2.64. The molecule has 4 nitrogen and oxygen atoms in total. The van der Waals surface area contributed by atoms with Gasteiger partial charge in [-0.25, -0.2) is 0 Å². The standard InChI is InChI=1S/C15H17ClN2O2.ClH/c16-12-3-1-2-11(8-12)10-18-13(19)9-15(14(18)20)4-6-17-7-5-15;/h1-3,8,17H,4-7,9-10H2;1H. The number of hydrogen-bond donors (Lipinski definition) is 1. The van der Waals surface area contributed by atoms with Crippen molar-refractivity contribution in [3.63, 3.8) is 0 Å². The van der Waals surface area contributed by atoms with Crippen molar-refractivity contribution < 1.29 is 9.59 Å². The van der Waals surface area contributed by atoms with Crippen LogP contribution in [0.4, 0.5) is 0 Å². The number of imide groups is 1. The van der Waals surface area contributed by atoms with Crippen LogP contribution in [0.1, 0.15) is 24.8 Å². The zero-order valence-corrected chi connectivity index (χ0v) is 13.2. The fraction of sp³-hybridized carbons (Fsp3) is 0.467. The Labute approximate surface area is 135 Å². The number of hydrogen-bond acceptors (Lipinski definition) is 3. The van der Waals surface area contributed by atoms with Gasteiger partial charge in [-0.05, 0) is 43.6 Å². The lowest BCUT2D eigenvalue weighted by Crippen LogP contribution is -2.42. The second kappa shape index (κ2) is 6.34. The van der Waals surface area contributed by atoms with E-state index in [0.717, 1.165) is 31.5 Å². The van der Waals surface area contributed by atoms with Crippen molar-refractivity contribution in [2.75, 3.05) is 13.1 Å². The molecule has 6 heteroatoms. The lowest BCUT2D eigenvalue weighted by molar-refractivity contribution is -0.142. The highest BCUT2D eigenvalue weighted by atomic mass is 35.5. The normalized spacial score (nSPS) is 20.7. The maximum absolute atomic E-state index is 12.6. The van der Waals surface area contributed by atoms with Gasteiger partial charge in [-0.3, -0.25) is 14.5 Å². The van der Waals surface area contributed by atoms with Crippen molar-refractivity contribution in [3.05, 3.63) is 34.9 Å². The molecule has 0 aromatic heterocycles. The molecule has 3 rings (SSSR count). The van der Waals surface area contributed by atoms with Gasteiger partial charge in [0.15, 0.2) is 0 Å². The Hall–Kier alpha value is -1.10. The third-order valence-electron chi connectivity index (χ3n) is 4.28. The molecule has 114 valence electrons. The van der Waals surface area contributed by atoms with E-state index in [-0.39, 0.29) is 24.2 Å². The van der Waals surface area contributed by atoms with Crippen LogP contribution in [0.3, 0.4) is 0 Å². The molecule has 0 bridgehead atoms. The van der Waals surface area contributed by atoms with Gasteiger partial charge in [0, 0.05) is 11.4 Å². The first-order valence-electron chi connectivity index (χ1n) is 6.91. The molecule has 21 heavy (non-hydrogen) atoms. The van der Waals surface area contributed by atoms with E-state index in [1.807, 2.05) is 12.1 Å². The summed E-state index contributed by atoms with van der Waals surface area (Å²) in [5, 5.41) is 3.87. The van der Waals surface area contributed by atoms with Crippen LogP contribution in [-0.4, -0.2) is 29.8 Å². The molecule has 2 saturated heterocycles. The molecule has 2 aliphatic heterocycles. The molecule has 2 aliphatic rings. The Morgan fingerprint density at radius 2 is 1.95 bits per heavy atom. The minimum Gasteiger partial charge on any atom is -0.317 e. The first kappa shape index (κ1) is 16.3. The van der Waals surface area contributed by atoms with Gasteiger partial charge >= 0.3 is 0 Å². The zero-order chi connectivity index (χ0) is 14.2. The largest absolute Gasteiger partial charge is 0.317 e. The minimum atomic E-state index is -0.457. The number of likely N-dealkylation sites (tertiary alicyclic amines) is 1. The first-order chi connectivity index (χ1) is 9.61. The molecule has 0 unspecified atom stereocenters. The van der Waals surface area contributed by atoms with E-state index in [1.165, 1.54) is 4.90 Å². The fourth-order valence-corrected chi connectivity index (χ4v) is 3.35. The van der Waals surface area contributed by atoms with Crippen molar-refractivity contribution in [1.29, 1.82) is 0 Å². The van der Waals surface area contributed by atoms with Gasteiger partial charge in [-0.15, -0.1) is 12.4 Å². The molecule has 2 fully saturated rings. The summed E-state index contributed by atoms with van der Waals surface area (Å²) >= 11 is 5.95. The summed E-state index contributed by atoms with van der Waals surface area (Å²) in [5.41, 5.74) is 0.436. The molecule has 2 heterocycles. The second-order valence-electron chi connectivity index (χ2n) is 5.62. The van der Waals surface area contributed by atoms with Gasteiger partial charge in [0.1, 0.15) is 0 Å². The van der Waals surface area contributed by atoms with Gasteiger partial charge in [0.25, 0.3) is 0 Å². The van der Waals surface area contributed by atoms with Gasteiger partial charge < -0.3 is 5.32 Å². The number of carbonyl (C=O) groups is 2. The summed E-state index contributed by atoms with van der Waals surface area (Å²) in [6, 6.07) is 7.31. The molecular weight excluding hydrogens is 311 g/mol. The van der Waals surface area contributed by atoms with Crippen molar-refractivity contribution in [3.8, 4) is 0 Å². The number of rotatable bonds is 2. The van der Waals surface area contributed by atoms with Gasteiger partial charge in [-0.2, -0.15) is 0 Å². The molecule has 1 spiro atoms. The fourth-order valence-electron chi connectivity index (χ4n) is 3.13. The molecule has 0 aliphatic carbocycles. The van der Waals surface area contributed by atoms with Crippen LogP contribution >= 0.6 is 24.0 Å². The third-order valence-corrected chi connectivity index (χ3v) is 4.51. The summed E-state index contributed by atoms with van der Waals surface area (Å²) in [4.78, 5) is 26.2. The maximum Gasteiger partial charge on any atom is 0.236 e. The summed E-state index contributed by atoms with van der Waals surface area (Å²) in [6.07, 6.45) is 1.86. The van der Waals surface area contributed by atoms with E-state index in [0.29, 0.717) is 18.0 Å². The van der Waals surface area contributed by atoms with Crippen LogP contribution in [-0.2, 0) is 16.1 Å². The van der Waals surface area contributed by atoms with Crippen LogP contribution in [0, 0.1) is 5.41 Å². The van der Waals surface area contributed by atoms with E-state index >= 15 is 0 Å². The van der Waals surface area contributed by atoms with Crippen molar-refractivity contribution in [2.45, 2.75) is 25.8 Å². The van der Waals surface area contributed by atoms with Crippen molar-refractivity contribution >= 4 is 35.8 Å². The summed E-state index contributed by atoms with van der Waals surface area (Å²) in [7, 11) is 0. The van der Waals surface area contributed by atoms with E-state index < -0.39 is 5.41 Å². The Balaban J connectivity index is 0.00000161. The Bertz CT molecular complexity index is 556. The lowest BCUT2D eigenvalue weighted by Gasteiger charge is -2.31. The zero-order valence-electron chi connectivity index (χ0n) is 11.6. The SMILES string of the molecule is Cl.O=C1CC2(CCNCC2)C(=O)N1Cc1cccc(Cl)c1. The van der Waals surface area contributed by atoms with Crippen LogP contribution in [0.2, 0.25) is 5.02 Å². The summed E-state index contributed by atoms with van der Waals surface area (Å²) in [5.74, 6) is -0.0687. The van der Waals surface area contributed by atoms with Crippen molar-refractivity contribution in [1.82, 2.24) is 10.2 Å². The molecule has 1 N–H and O–H groups in total. The second-order valence-corrected chi connectivity index (χ2v) is 6.06. The minimum absolute atomic E-state index is 0. The Morgan fingerprint density at radius 3 is 2.62 bits per heavy atom. The van der Waals surface area contributed by atoms with E-state index in [1.54, 1.807) is 12.1 Å². The quantitative estimate of drug-likeness (QED) is 0.848. The van der Waals surface area contributed by atoms with Crippen LogP contribution in [0.25, 0.3) is 0 Å². The number of piperidine rings is 1. The first-order valence-corrected chi connectivity index (χ1v) is 7.28. The summed E-state index contributed by atoms with van der Waals surface area (Å²) in [6.45, 7) is 1.95. The van der Waals surface area contributed by atoms with Gasteiger partial charge in [-0.1, -0.05) is 23.7 Å².